The Labute approximate surface area is 170 Å². The van der Waals surface area contributed by atoms with Crippen molar-refractivity contribution in [3.63, 3.8) is 0 Å². The molecule has 0 amide bonds. The molecule has 0 fully saturated rings. The minimum absolute atomic E-state index is 0.177. The smallest absolute Gasteiger partial charge is 0.305 e. The van der Waals surface area contributed by atoms with E-state index >= 15 is 0 Å². The molecule has 0 atom stereocenters. The van der Waals surface area contributed by atoms with E-state index in [2.05, 4.69) is 6.92 Å². The van der Waals surface area contributed by atoms with Gasteiger partial charge in [0.05, 0.1) is 72.7 Å². The first kappa shape index (κ1) is 27.2. The van der Waals surface area contributed by atoms with Gasteiger partial charge in [-0.05, 0) is 12.8 Å². The van der Waals surface area contributed by atoms with Crippen molar-refractivity contribution < 1.29 is 38.0 Å². The van der Waals surface area contributed by atoms with Crippen LogP contribution in [0.3, 0.4) is 0 Å². The predicted molar refractivity (Wildman–Crippen MR) is 106 cm³/mol. The molecule has 0 aliphatic heterocycles. The third-order valence-electron chi connectivity index (χ3n) is 3.45. The Balaban J connectivity index is 3.02. The highest BCUT2D eigenvalue weighted by molar-refractivity contribution is 5.69. The van der Waals surface area contributed by atoms with Crippen LogP contribution in [0.25, 0.3) is 0 Å². The fourth-order valence-corrected chi connectivity index (χ4v) is 1.94. The van der Waals surface area contributed by atoms with Gasteiger partial charge in [-0.3, -0.25) is 4.79 Å². The summed E-state index contributed by atoms with van der Waals surface area (Å²) in [5, 5.41) is 0. The number of ether oxygens (including phenoxy) is 7. The van der Waals surface area contributed by atoms with E-state index in [9.17, 15) is 4.79 Å². The molecule has 0 bridgehead atoms. The summed E-state index contributed by atoms with van der Waals surface area (Å²) in [6.07, 6.45) is 3.50. The number of hydrogen-bond donors (Lipinski definition) is 0. The largest absolute Gasteiger partial charge is 0.463 e. The van der Waals surface area contributed by atoms with Gasteiger partial charge in [0.25, 0.3) is 0 Å². The highest BCUT2D eigenvalue weighted by Gasteiger charge is 1.99. The number of rotatable bonds is 23. The molecule has 0 aliphatic carbocycles. The van der Waals surface area contributed by atoms with Crippen LogP contribution >= 0.6 is 0 Å². The number of unbranched alkanes of at least 4 members (excludes halogenated alkanes) is 1. The lowest BCUT2D eigenvalue weighted by Crippen LogP contribution is -2.15. The summed E-state index contributed by atoms with van der Waals surface area (Å²) >= 11 is 0. The summed E-state index contributed by atoms with van der Waals surface area (Å²) in [6, 6.07) is 0. The standard InChI is InChI=1S/C20H40O8/c1-3-5-7-22-8-9-23-10-11-24-12-13-25-14-15-26-16-17-27-18-19-28-20(21)6-4-2/h3-19H2,1-2H3. The van der Waals surface area contributed by atoms with Crippen LogP contribution in [0.1, 0.15) is 39.5 Å². The van der Waals surface area contributed by atoms with Gasteiger partial charge in [-0.2, -0.15) is 0 Å². The molecule has 0 unspecified atom stereocenters. The first-order valence-corrected chi connectivity index (χ1v) is 10.4. The van der Waals surface area contributed by atoms with Crippen molar-refractivity contribution in [2.75, 3.05) is 85.9 Å². The number of carbonyl (C=O) groups excluding carboxylic acids is 1. The third-order valence-corrected chi connectivity index (χ3v) is 3.45. The second-order valence-electron chi connectivity index (χ2n) is 6.00. The van der Waals surface area contributed by atoms with Crippen molar-refractivity contribution in [2.24, 2.45) is 0 Å². The fraction of sp³-hybridized carbons (Fsp3) is 0.950. The molecule has 0 N–H and O–H groups in total. The van der Waals surface area contributed by atoms with Gasteiger partial charge >= 0.3 is 5.97 Å². The molecule has 0 radical (unpaired) electrons. The molecule has 8 heteroatoms. The molecule has 0 saturated heterocycles. The lowest BCUT2D eigenvalue weighted by Gasteiger charge is -2.08. The van der Waals surface area contributed by atoms with E-state index in [1.807, 2.05) is 6.92 Å². The lowest BCUT2D eigenvalue weighted by molar-refractivity contribution is -0.145. The average molecular weight is 409 g/mol. The van der Waals surface area contributed by atoms with Gasteiger partial charge in [0.15, 0.2) is 0 Å². The van der Waals surface area contributed by atoms with Gasteiger partial charge in [-0.15, -0.1) is 0 Å². The molecule has 0 aliphatic rings. The molecular weight excluding hydrogens is 368 g/mol. The second-order valence-corrected chi connectivity index (χ2v) is 6.00. The van der Waals surface area contributed by atoms with Gasteiger partial charge in [0.2, 0.25) is 0 Å². The summed E-state index contributed by atoms with van der Waals surface area (Å²) in [5.41, 5.74) is 0. The molecule has 28 heavy (non-hydrogen) atoms. The van der Waals surface area contributed by atoms with Crippen LogP contribution in [-0.4, -0.2) is 91.9 Å². The van der Waals surface area contributed by atoms with E-state index in [0.717, 1.165) is 25.9 Å². The maximum atomic E-state index is 11.1. The second kappa shape index (κ2) is 24.3. The summed E-state index contributed by atoms with van der Waals surface area (Å²) in [4.78, 5) is 11.1. The fourth-order valence-electron chi connectivity index (χ4n) is 1.94. The molecule has 168 valence electrons. The van der Waals surface area contributed by atoms with Gasteiger partial charge in [0.1, 0.15) is 6.61 Å². The molecule has 0 spiro atoms. The summed E-state index contributed by atoms with van der Waals surface area (Å²) in [7, 11) is 0. The Bertz CT molecular complexity index is 315. The quantitative estimate of drug-likeness (QED) is 0.188. The van der Waals surface area contributed by atoms with Crippen LogP contribution in [0.15, 0.2) is 0 Å². The Morgan fingerprint density at radius 2 is 0.857 bits per heavy atom. The SMILES string of the molecule is CCCCOCCOCCOCCOCCOCCOCCOC(=O)CCC. The Morgan fingerprint density at radius 1 is 0.500 bits per heavy atom. The molecule has 0 saturated carbocycles. The van der Waals surface area contributed by atoms with Crippen LogP contribution in [0.4, 0.5) is 0 Å². The van der Waals surface area contributed by atoms with Crippen LogP contribution in [0.5, 0.6) is 0 Å². The van der Waals surface area contributed by atoms with Crippen molar-refractivity contribution in [3.05, 3.63) is 0 Å². The van der Waals surface area contributed by atoms with Crippen molar-refractivity contribution in [1.29, 1.82) is 0 Å². The van der Waals surface area contributed by atoms with E-state index in [0.29, 0.717) is 85.7 Å². The zero-order valence-electron chi connectivity index (χ0n) is 17.8. The average Bonchev–Trinajstić information content (AvgIpc) is 2.69. The van der Waals surface area contributed by atoms with Crippen molar-refractivity contribution in [2.45, 2.75) is 39.5 Å². The number of hydrogen-bond acceptors (Lipinski definition) is 8. The van der Waals surface area contributed by atoms with Crippen LogP contribution in [-0.2, 0) is 38.0 Å². The van der Waals surface area contributed by atoms with E-state index in [1.165, 1.54) is 0 Å². The summed E-state index contributed by atoms with van der Waals surface area (Å²) < 4.78 is 37.2. The van der Waals surface area contributed by atoms with E-state index in [4.69, 9.17) is 33.2 Å². The van der Waals surface area contributed by atoms with Gasteiger partial charge in [-0.25, -0.2) is 0 Å². The van der Waals surface area contributed by atoms with Gasteiger partial charge in [0, 0.05) is 13.0 Å². The molecule has 0 rings (SSSR count). The summed E-state index contributed by atoms with van der Waals surface area (Å²) in [5.74, 6) is -0.177. The van der Waals surface area contributed by atoms with Crippen molar-refractivity contribution in [1.82, 2.24) is 0 Å². The van der Waals surface area contributed by atoms with Crippen LogP contribution in [0.2, 0.25) is 0 Å². The molecule has 0 aromatic rings. The van der Waals surface area contributed by atoms with Crippen LogP contribution in [0, 0.1) is 0 Å². The first-order chi connectivity index (χ1) is 13.8. The minimum atomic E-state index is -0.177. The number of carbonyl (C=O) groups is 1. The first-order valence-electron chi connectivity index (χ1n) is 10.4. The van der Waals surface area contributed by atoms with E-state index in [-0.39, 0.29) is 5.97 Å². The van der Waals surface area contributed by atoms with Crippen molar-refractivity contribution in [3.8, 4) is 0 Å². The maximum absolute atomic E-state index is 11.1. The van der Waals surface area contributed by atoms with E-state index in [1.54, 1.807) is 0 Å². The lowest BCUT2D eigenvalue weighted by atomic mass is 10.3. The Kier molecular flexibility index (Phi) is 23.6. The molecule has 0 aromatic carbocycles. The zero-order valence-corrected chi connectivity index (χ0v) is 17.8. The van der Waals surface area contributed by atoms with Crippen LogP contribution < -0.4 is 0 Å². The monoisotopic (exact) mass is 408 g/mol. The Hall–Kier alpha value is -0.770. The maximum Gasteiger partial charge on any atom is 0.305 e. The van der Waals surface area contributed by atoms with E-state index < -0.39 is 0 Å². The normalized spacial score (nSPS) is 11.1. The third kappa shape index (κ3) is 23.3. The van der Waals surface area contributed by atoms with Gasteiger partial charge < -0.3 is 33.2 Å². The number of esters is 1. The Morgan fingerprint density at radius 3 is 1.21 bits per heavy atom. The topological polar surface area (TPSA) is 81.7 Å². The molecule has 0 heterocycles. The molecular formula is C20H40O8. The highest BCUT2D eigenvalue weighted by Crippen LogP contribution is 1.91. The summed E-state index contributed by atoms with van der Waals surface area (Å²) in [6.45, 7) is 11.0. The minimum Gasteiger partial charge on any atom is -0.463 e. The molecule has 8 nitrogen and oxygen atoms in total. The molecule has 0 aromatic heterocycles. The zero-order chi connectivity index (χ0) is 20.5. The van der Waals surface area contributed by atoms with Crippen molar-refractivity contribution >= 4 is 5.97 Å². The van der Waals surface area contributed by atoms with Gasteiger partial charge in [-0.1, -0.05) is 20.3 Å². The predicted octanol–water partition coefficient (Wildman–Crippen LogP) is 2.23. The highest BCUT2D eigenvalue weighted by atomic mass is 16.6.